The van der Waals surface area contributed by atoms with Gasteiger partial charge in [0, 0.05) is 6.61 Å². The maximum absolute atomic E-state index is 5.61. The summed E-state index contributed by atoms with van der Waals surface area (Å²) in [6.07, 6.45) is 3.72. The predicted octanol–water partition coefficient (Wildman–Crippen LogP) is 1.51. The summed E-state index contributed by atoms with van der Waals surface area (Å²) >= 11 is 0. The standard InChI is InChI=1S/C7H16O2Si/c1-10(2)9-7-5-3-4-6-8-7/h7,10H,3-6H2,1-2H3. The summed E-state index contributed by atoms with van der Waals surface area (Å²) in [5, 5.41) is 0. The molecule has 1 rings (SSSR count). The van der Waals surface area contributed by atoms with E-state index in [0.717, 1.165) is 13.0 Å². The van der Waals surface area contributed by atoms with Gasteiger partial charge in [-0.15, -0.1) is 0 Å². The van der Waals surface area contributed by atoms with E-state index in [0.29, 0.717) is 0 Å². The minimum absolute atomic E-state index is 0.139. The highest BCUT2D eigenvalue weighted by Gasteiger charge is 2.14. The highest BCUT2D eigenvalue weighted by Crippen LogP contribution is 2.14. The molecule has 1 saturated heterocycles. The summed E-state index contributed by atoms with van der Waals surface area (Å²) < 4.78 is 11.0. The van der Waals surface area contributed by atoms with Crippen LogP contribution in [-0.4, -0.2) is 21.9 Å². The molecule has 0 N–H and O–H groups in total. The van der Waals surface area contributed by atoms with E-state index in [9.17, 15) is 0 Å². The van der Waals surface area contributed by atoms with E-state index in [1.165, 1.54) is 12.8 Å². The van der Waals surface area contributed by atoms with E-state index in [1.807, 2.05) is 0 Å². The van der Waals surface area contributed by atoms with Crippen molar-refractivity contribution < 1.29 is 9.16 Å². The highest BCUT2D eigenvalue weighted by atomic mass is 28.3. The van der Waals surface area contributed by atoms with E-state index in [4.69, 9.17) is 9.16 Å². The molecule has 0 radical (unpaired) electrons. The van der Waals surface area contributed by atoms with Crippen molar-refractivity contribution >= 4 is 9.04 Å². The lowest BCUT2D eigenvalue weighted by molar-refractivity contribution is -0.107. The molecule has 1 aliphatic rings. The molecule has 1 aliphatic heterocycles. The Bertz CT molecular complexity index is 89.6. The van der Waals surface area contributed by atoms with Gasteiger partial charge in [0.1, 0.15) is 6.29 Å². The lowest BCUT2D eigenvalue weighted by atomic mass is 10.2. The molecule has 0 bridgehead atoms. The Balaban J connectivity index is 2.13. The summed E-state index contributed by atoms with van der Waals surface area (Å²) in [6.45, 7) is 5.25. The average molecular weight is 160 g/mol. The molecule has 1 atom stereocenters. The van der Waals surface area contributed by atoms with Crippen LogP contribution < -0.4 is 0 Å². The van der Waals surface area contributed by atoms with Gasteiger partial charge >= 0.3 is 0 Å². The molecule has 2 nitrogen and oxygen atoms in total. The maximum atomic E-state index is 5.61. The fourth-order valence-electron chi connectivity index (χ4n) is 1.12. The molecule has 10 heavy (non-hydrogen) atoms. The minimum atomic E-state index is -0.869. The fraction of sp³-hybridized carbons (Fsp3) is 1.00. The van der Waals surface area contributed by atoms with Crippen LogP contribution in [0.2, 0.25) is 13.1 Å². The Labute approximate surface area is 64.3 Å². The summed E-state index contributed by atoms with van der Waals surface area (Å²) in [5.41, 5.74) is 0. The van der Waals surface area contributed by atoms with Crippen molar-refractivity contribution in [2.45, 2.75) is 38.6 Å². The van der Waals surface area contributed by atoms with Crippen LogP contribution in [0.3, 0.4) is 0 Å². The monoisotopic (exact) mass is 160 g/mol. The summed E-state index contributed by atoms with van der Waals surface area (Å²) in [6, 6.07) is 0. The molecule has 3 heteroatoms. The zero-order chi connectivity index (χ0) is 7.40. The molecule has 0 saturated carbocycles. The Morgan fingerprint density at radius 1 is 1.40 bits per heavy atom. The van der Waals surface area contributed by atoms with Crippen molar-refractivity contribution in [3.8, 4) is 0 Å². The van der Waals surface area contributed by atoms with Crippen molar-refractivity contribution in [1.29, 1.82) is 0 Å². The van der Waals surface area contributed by atoms with Gasteiger partial charge in [-0.3, -0.25) is 0 Å². The molecule has 0 aromatic heterocycles. The quantitative estimate of drug-likeness (QED) is 0.570. The Hall–Kier alpha value is 0.137. The zero-order valence-electron chi connectivity index (χ0n) is 6.80. The molecule has 1 unspecified atom stereocenters. The maximum Gasteiger partial charge on any atom is 0.174 e. The van der Waals surface area contributed by atoms with Crippen LogP contribution in [0, 0.1) is 0 Å². The molecular weight excluding hydrogens is 144 g/mol. The van der Waals surface area contributed by atoms with Crippen LogP contribution in [0.5, 0.6) is 0 Å². The van der Waals surface area contributed by atoms with Crippen molar-refractivity contribution in [2.24, 2.45) is 0 Å². The average Bonchev–Trinajstić information content (AvgIpc) is 1.88. The van der Waals surface area contributed by atoms with E-state index in [2.05, 4.69) is 13.1 Å². The van der Waals surface area contributed by atoms with Gasteiger partial charge in [-0.05, 0) is 32.4 Å². The van der Waals surface area contributed by atoms with Gasteiger partial charge in [0.15, 0.2) is 9.04 Å². The second kappa shape index (κ2) is 4.11. The summed E-state index contributed by atoms with van der Waals surface area (Å²) in [5.74, 6) is 0. The third-order valence-corrected chi connectivity index (χ3v) is 2.41. The van der Waals surface area contributed by atoms with E-state index in [1.54, 1.807) is 0 Å². The number of ether oxygens (including phenoxy) is 1. The molecule has 0 aromatic rings. The first-order valence-corrected chi connectivity index (χ1v) is 6.84. The van der Waals surface area contributed by atoms with Gasteiger partial charge in [0.05, 0.1) is 0 Å². The lowest BCUT2D eigenvalue weighted by Gasteiger charge is -2.24. The Morgan fingerprint density at radius 3 is 2.70 bits per heavy atom. The van der Waals surface area contributed by atoms with Crippen LogP contribution >= 0.6 is 0 Å². The second-order valence-corrected chi connectivity index (χ2v) is 5.35. The van der Waals surface area contributed by atoms with Crippen molar-refractivity contribution in [3.05, 3.63) is 0 Å². The van der Waals surface area contributed by atoms with Crippen molar-refractivity contribution in [1.82, 2.24) is 0 Å². The van der Waals surface area contributed by atoms with Crippen LogP contribution in [0.1, 0.15) is 19.3 Å². The molecule has 1 heterocycles. The Kier molecular flexibility index (Phi) is 3.38. The molecule has 60 valence electrons. The molecule has 0 amide bonds. The largest absolute Gasteiger partial charge is 0.396 e. The fourth-order valence-corrected chi connectivity index (χ4v) is 1.94. The number of hydrogen-bond acceptors (Lipinski definition) is 2. The third kappa shape index (κ3) is 2.81. The summed E-state index contributed by atoms with van der Waals surface area (Å²) in [7, 11) is -0.869. The number of rotatable bonds is 2. The smallest absolute Gasteiger partial charge is 0.174 e. The van der Waals surface area contributed by atoms with Gasteiger partial charge < -0.3 is 9.16 Å². The van der Waals surface area contributed by atoms with Gasteiger partial charge in [-0.25, -0.2) is 0 Å². The van der Waals surface area contributed by atoms with Crippen LogP contribution in [0.15, 0.2) is 0 Å². The SMILES string of the molecule is C[SiH](C)OC1CCCCO1. The number of hydrogen-bond donors (Lipinski definition) is 0. The predicted molar refractivity (Wildman–Crippen MR) is 43.6 cm³/mol. The first-order valence-electron chi connectivity index (χ1n) is 4.06. The molecule has 0 aliphatic carbocycles. The first kappa shape index (κ1) is 8.24. The first-order chi connectivity index (χ1) is 4.79. The van der Waals surface area contributed by atoms with Crippen LogP contribution in [0.25, 0.3) is 0 Å². The van der Waals surface area contributed by atoms with Gasteiger partial charge in [0.2, 0.25) is 0 Å². The van der Waals surface area contributed by atoms with Crippen LogP contribution in [-0.2, 0) is 9.16 Å². The van der Waals surface area contributed by atoms with Gasteiger partial charge in [-0.1, -0.05) is 0 Å². The minimum Gasteiger partial charge on any atom is -0.396 e. The van der Waals surface area contributed by atoms with Crippen molar-refractivity contribution in [2.75, 3.05) is 6.61 Å². The topological polar surface area (TPSA) is 18.5 Å². The summed E-state index contributed by atoms with van der Waals surface area (Å²) in [4.78, 5) is 0. The van der Waals surface area contributed by atoms with E-state index < -0.39 is 9.04 Å². The molecule has 0 spiro atoms. The zero-order valence-corrected chi connectivity index (χ0v) is 7.95. The van der Waals surface area contributed by atoms with E-state index in [-0.39, 0.29) is 6.29 Å². The molecule has 1 fully saturated rings. The van der Waals surface area contributed by atoms with Crippen molar-refractivity contribution in [3.63, 3.8) is 0 Å². The van der Waals surface area contributed by atoms with Gasteiger partial charge in [0.25, 0.3) is 0 Å². The van der Waals surface area contributed by atoms with E-state index >= 15 is 0 Å². The molecular formula is C7H16O2Si. The third-order valence-electron chi connectivity index (χ3n) is 1.56. The molecule has 0 aromatic carbocycles. The Morgan fingerprint density at radius 2 is 2.20 bits per heavy atom. The highest BCUT2D eigenvalue weighted by molar-refractivity contribution is 6.48. The van der Waals surface area contributed by atoms with Gasteiger partial charge in [-0.2, -0.15) is 0 Å². The van der Waals surface area contributed by atoms with Crippen LogP contribution in [0.4, 0.5) is 0 Å². The second-order valence-electron chi connectivity index (χ2n) is 2.98. The normalized spacial score (nSPS) is 27.3. The lowest BCUT2D eigenvalue weighted by Crippen LogP contribution is -2.26.